The predicted molar refractivity (Wildman–Crippen MR) is 103 cm³/mol. The second-order valence-corrected chi connectivity index (χ2v) is 9.02. The molecule has 1 saturated carbocycles. The van der Waals surface area contributed by atoms with Gasteiger partial charge in [-0.1, -0.05) is 32.9 Å². The van der Waals surface area contributed by atoms with Crippen molar-refractivity contribution in [1.82, 2.24) is 15.1 Å². The summed E-state index contributed by atoms with van der Waals surface area (Å²) in [5.74, 6) is -3.38. The highest BCUT2D eigenvalue weighted by atomic mass is 19.3. The van der Waals surface area contributed by atoms with E-state index < -0.39 is 29.8 Å². The van der Waals surface area contributed by atoms with Crippen LogP contribution in [0.1, 0.15) is 45.1 Å². The van der Waals surface area contributed by atoms with E-state index in [0.717, 1.165) is 12.0 Å². The van der Waals surface area contributed by atoms with Gasteiger partial charge >= 0.3 is 0 Å². The van der Waals surface area contributed by atoms with E-state index >= 15 is 0 Å². The third-order valence-electron chi connectivity index (χ3n) is 7.06. The summed E-state index contributed by atoms with van der Waals surface area (Å²) in [4.78, 5) is 14.3. The Morgan fingerprint density at radius 1 is 1.17 bits per heavy atom. The van der Waals surface area contributed by atoms with Crippen molar-refractivity contribution >= 4 is 5.91 Å². The van der Waals surface area contributed by atoms with Crippen molar-refractivity contribution in [2.75, 3.05) is 13.1 Å². The molecule has 1 saturated heterocycles. The van der Waals surface area contributed by atoms with Crippen LogP contribution in [-0.4, -0.2) is 40.0 Å². The van der Waals surface area contributed by atoms with Crippen LogP contribution in [0.4, 0.5) is 13.2 Å². The number of amides is 1. The molecule has 1 aromatic heterocycles. The number of nitrogens with zero attached hydrogens (tertiary/aromatic N) is 3. The molecule has 7 heteroatoms. The SMILES string of the molecule is CC1(C)[C@H](c2cnnc(-c3ccccc3F)c2)CC[C@@]1(C)C(=O)N1CC(F)(F)C1. The van der Waals surface area contributed by atoms with Crippen molar-refractivity contribution in [3.8, 4) is 11.3 Å². The normalized spacial score (nSPS) is 27.5. The fraction of sp³-hybridized carbons (Fsp3) is 0.500. The van der Waals surface area contributed by atoms with Crippen molar-refractivity contribution in [2.45, 2.75) is 45.5 Å². The number of rotatable bonds is 3. The molecule has 0 bridgehead atoms. The van der Waals surface area contributed by atoms with Crippen molar-refractivity contribution < 1.29 is 18.0 Å². The van der Waals surface area contributed by atoms with Crippen LogP contribution >= 0.6 is 0 Å². The number of hydrogen-bond acceptors (Lipinski definition) is 3. The molecule has 0 unspecified atom stereocenters. The Bertz CT molecular complexity index is 954. The van der Waals surface area contributed by atoms with Crippen LogP contribution in [0.3, 0.4) is 0 Å². The summed E-state index contributed by atoms with van der Waals surface area (Å²) in [5.41, 5.74) is 0.465. The molecular formula is C22H24F3N3O. The first-order chi connectivity index (χ1) is 13.6. The van der Waals surface area contributed by atoms with E-state index in [1.807, 2.05) is 26.8 Å². The van der Waals surface area contributed by atoms with Crippen LogP contribution in [0.2, 0.25) is 0 Å². The van der Waals surface area contributed by atoms with Gasteiger partial charge in [0.15, 0.2) is 0 Å². The topological polar surface area (TPSA) is 46.1 Å². The molecule has 1 aliphatic heterocycles. The maximum atomic E-state index is 14.2. The molecular weight excluding hydrogens is 379 g/mol. The number of alkyl halides is 2. The van der Waals surface area contributed by atoms with Gasteiger partial charge in [-0.2, -0.15) is 10.2 Å². The molecule has 4 rings (SSSR count). The van der Waals surface area contributed by atoms with Crippen molar-refractivity contribution in [1.29, 1.82) is 0 Å². The van der Waals surface area contributed by atoms with Gasteiger partial charge in [0.05, 0.1) is 30.4 Å². The molecule has 0 N–H and O–H groups in total. The molecule has 1 aliphatic carbocycles. The lowest BCUT2D eigenvalue weighted by Crippen LogP contribution is -2.62. The van der Waals surface area contributed by atoms with Gasteiger partial charge in [-0.25, -0.2) is 13.2 Å². The smallest absolute Gasteiger partial charge is 0.282 e. The van der Waals surface area contributed by atoms with Gasteiger partial charge in [-0.05, 0) is 47.9 Å². The van der Waals surface area contributed by atoms with Crippen molar-refractivity contribution in [2.24, 2.45) is 10.8 Å². The lowest BCUT2D eigenvalue weighted by molar-refractivity contribution is -0.179. The standard InChI is InChI=1S/C22H24F3N3O/c1-20(2)16(8-9-21(20,3)19(29)28-12-22(24,25)13-28)14-10-18(27-26-11-14)15-6-4-5-7-17(15)23/h4-7,10-11,16H,8-9,12-13H2,1-3H3/t16-,21-/m0/s1. The quantitative estimate of drug-likeness (QED) is 0.748. The number of carbonyl (C=O) groups is 1. The molecule has 1 amide bonds. The Labute approximate surface area is 168 Å². The summed E-state index contributed by atoms with van der Waals surface area (Å²) in [6.45, 7) is 4.87. The second-order valence-electron chi connectivity index (χ2n) is 9.02. The molecule has 29 heavy (non-hydrogen) atoms. The van der Waals surface area contributed by atoms with Crippen LogP contribution in [-0.2, 0) is 4.79 Å². The maximum Gasteiger partial charge on any atom is 0.282 e. The van der Waals surface area contributed by atoms with E-state index in [1.165, 1.54) is 11.0 Å². The van der Waals surface area contributed by atoms with Crippen LogP contribution in [0.25, 0.3) is 11.3 Å². The minimum absolute atomic E-state index is 0.0146. The van der Waals surface area contributed by atoms with Crippen LogP contribution in [0, 0.1) is 16.6 Å². The van der Waals surface area contributed by atoms with Crippen LogP contribution < -0.4 is 0 Å². The summed E-state index contributed by atoms with van der Waals surface area (Å²) >= 11 is 0. The molecule has 2 heterocycles. The Balaban J connectivity index is 1.63. The van der Waals surface area contributed by atoms with Crippen LogP contribution in [0.5, 0.6) is 0 Å². The Morgan fingerprint density at radius 3 is 2.52 bits per heavy atom. The van der Waals surface area contributed by atoms with Gasteiger partial charge in [0.1, 0.15) is 5.82 Å². The largest absolute Gasteiger partial charge is 0.330 e. The van der Waals surface area contributed by atoms with E-state index in [9.17, 15) is 18.0 Å². The zero-order valence-corrected chi connectivity index (χ0v) is 16.8. The highest BCUT2D eigenvalue weighted by Crippen LogP contribution is 2.61. The first kappa shape index (κ1) is 19.9. The summed E-state index contributed by atoms with van der Waals surface area (Å²) in [7, 11) is 0. The van der Waals surface area contributed by atoms with E-state index in [2.05, 4.69) is 10.2 Å². The summed E-state index contributed by atoms with van der Waals surface area (Å²) in [6, 6.07) is 8.21. The zero-order valence-electron chi connectivity index (χ0n) is 16.8. The summed E-state index contributed by atoms with van der Waals surface area (Å²) < 4.78 is 40.8. The van der Waals surface area contributed by atoms with E-state index in [4.69, 9.17) is 0 Å². The molecule has 2 atom stereocenters. The second kappa shape index (κ2) is 6.54. The van der Waals surface area contributed by atoms with E-state index in [-0.39, 0.29) is 17.6 Å². The van der Waals surface area contributed by atoms with E-state index in [1.54, 1.807) is 24.4 Å². The van der Waals surface area contributed by atoms with E-state index in [0.29, 0.717) is 17.7 Å². The Morgan fingerprint density at radius 2 is 1.86 bits per heavy atom. The molecule has 0 radical (unpaired) electrons. The lowest BCUT2D eigenvalue weighted by Gasteiger charge is -2.47. The van der Waals surface area contributed by atoms with Crippen molar-refractivity contribution in [3.63, 3.8) is 0 Å². The molecule has 4 nitrogen and oxygen atoms in total. The Kier molecular flexibility index (Phi) is 4.48. The lowest BCUT2D eigenvalue weighted by atomic mass is 9.63. The van der Waals surface area contributed by atoms with Crippen molar-refractivity contribution in [3.05, 3.63) is 47.9 Å². The summed E-state index contributed by atoms with van der Waals surface area (Å²) in [6.07, 6.45) is 2.98. The van der Waals surface area contributed by atoms with Gasteiger partial charge in [-0.3, -0.25) is 4.79 Å². The van der Waals surface area contributed by atoms with Gasteiger partial charge in [0.2, 0.25) is 5.91 Å². The molecule has 154 valence electrons. The average Bonchev–Trinajstić information content (AvgIpc) is 2.90. The fourth-order valence-corrected chi connectivity index (χ4v) is 4.84. The highest BCUT2D eigenvalue weighted by molar-refractivity contribution is 5.85. The number of aromatic nitrogens is 2. The number of likely N-dealkylation sites (tertiary alicyclic amines) is 1. The average molecular weight is 403 g/mol. The molecule has 2 fully saturated rings. The minimum Gasteiger partial charge on any atom is -0.330 e. The molecule has 2 aliphatic rings. The highest BCUT2D eigenvalue weighted by Gasteiger charge is 2.60. The van der Waals surface area contributed by atoms with Gasteiger partial charge in [-0.15, -0.1) is 0 Å². The number of hydrogen-bond donors (Lipinski definition) is 0. The number of carbonyl (C=O) groups excluding carboxylic acids is 1. The third-order valence-corrected chi connectivity index (χ3v) is 7.06. The zero-order chi connectivity index (χ0) is 21.0. The number of benzene rings is 1. The van der Waals surface area contributed by atoms with Crippen LogP contribution in [0.15, 0.2) is 36.5 Å². The third kappa shape index (κ3) is 3.11. The molecule has 2 aromatic rings. The maximum absolute atomic E-state index is 14.2. The Hall–Kier alpha value is -2.44. The number of halogens is 3. The fourth-order valence-electron chi connectivity index (χ4n) is 4.84. The minimum atomic E-state index is -2.78. The first-order valence-corrected chi connectivity index (χ1v) is 9.80. The van der Waals surface area contributed by atoms with Gasteiger partial charge in [0, 0.05) is 5.56 Å². The summed E-state index contributed by atoms with van der Waals surface area (Å²) in [5, 5.41) is 8.15. The van der Waals surface area contributed by atoms with Gasteiger partial charge in [0.25, 0.3) is 5.92 Å². The molecule has 0 spiro atoms. The predicted octanol–water partition coefficient (Wildman–Crippen LogP) is 4.67. The van der Waals surface area contributed by atoms with Gasteiger partial charge < -0.3 is 4.90 Å². The first-order valence-electron chi connectivity index (χ1n) is 9.80. The monoisotopic (exact) mass is 403 g/mol. The molecule has 1 aromatic carbocycles.